The van der Waals surface area contributed by atoms with Crippen LogP contribution in [0.1, 0.15) is 0 Å². The number of rotatable bonds is 3. The van der Waals surface area contributed by atoms with Gasteiger partial charge in [0, 0.05) is 10.1 Å². The van der Waals surface area contributed by atoms with E-state index < -0.39 is 0 Å². The highest BCUT2D eigenvalue weighted by atomic mass is 35.5. The molecule has 0 saturated heterocycles. The summed E-state index contributed by atoms with van der Waals surface area (Å²) in [7, 11) is 0. The molecular weight excluding hydrogens is 207 g/mol. The van der Waals surface area contributed by atoms with Crippen molar-refractivity contribution >= 4 is 34.6 Å². The largest absolute Gasteiger partial charge is 0.397 e. The van der Waals surface area contributed by atoms with E-state index in [4.69, 9.17) is 28.9 Å². The molecule has 3 N–H and O–H groups in total. The second-order valence-electron chi connectivity index (χ2n) is 2.60. The Labute approximate surface area is 87.3 Å². The van der Waals surface area contributed by atoms with Crippen LogP contribution in [-0.2, 0) is 0 Å². The summed E-state index contributed by atoms with van der Waals surface area (Å²) in [4.78, 5) is 0. The van der Waals surface area contributed by atoms with Crippen LogP contribution in [0.4, 0.5) is 11.4 Å². The second kappa shape index (κ2) is 4.40. The van der Waals surface area contributed by atoms with E-state index in [0.29, 0.717) is 22.3 Å². The maximum atomic E-state index is 5.73. The molecule has 0 aliphatic rings. The third-order valence-electron chi connectivity index (χ3n) is 1.48. The van der Waals surface area contributed by atoms with Crippen LogP contribution in [0.3, 0.4) is 0 Å². The van der Waals surface area contributed by atoms with Crippen molar-refractivity contribution < 1.29 is 0 Å². The van der Waals surface area contributed by atoms with Crippen molar-refractivity contribution in [2.75, 3.05) is 17.6 Å². The van der Waals surface area contributed by atoms with Crippen LogP contribution in [0.2, 0.25) is 5.02 Å². The van der Waals surface area contributed by atoms with E-state index in [1.54, 1.807) is 18.2 Å². The monoisotopic (exact) mass is 216 g/mol. The van der Waals surface area contributed by atoms with E-state index in [0.717, 1.165) is 5.69 Å². The van der Waals surface area contributed by atoms with Crippen molar-refractivity contribution in [1.29, 1.82) is 0 Å². The predicted octanol–water partition coefficient (Wildman–Crippen LogP) is 3.09. The highest BCUT2D eigenvalue weighted by Crippen LogP contribution is 2.22. The lowest BCUT2D eigenvalue weighted by atomic mass is 10.2. The highest BCUT2D eigenvalue weighted by molar-refractivity contribution is 6.31. The van der Waals surface area contributed by atoms with Crippen molar-refractivity contribution in [2.24, 2.45) is 0 Å². The number of nitrogen functional groups attached to an aromatic ring is 1. The molecule has 0 saturated carbocycles. The van der Waals surface area contributed by atoms with Crippen molar-refractivity contribution in [2.45, 2.75) is 0 Å². The Morgan fingerprint density at radius 2 is 2.23 bits per heavy atom. The third-order valence-corrected chi connectivity index (χ3v) is 1.85. The minimum absolute atomic E-state index is 0.493. The standard InChI is InChI=1S/C9H10Cl2N2/c1-6(10)5-13-9-3-2-7(11)4-8(9)12/h2-4,13H,1,5,12H2. The lowest BCUT2D eigenvalue weighted by molar-refractivity contribution is 1.32. The maximum absolute atomic E-state index is 5.73. The van der Waals surface area contributed by atoms with E-state index in [-0.39, 0.29) is 0 Å². The lowest BCUT2D eigenvalue weighted by Crippen LogP contribution is -2.03. The summed E-state index contributed by atoms with van der Waals surface area (Å²) in [6.45, 7) is 4.05. The number of nitrogens with one attached hydrogen (secondary N) is 1. The minimum Gasteiger partial charge on any atom is -0.397 e. The maximum Gasteiger partial charge on any atom is 0.0577 e. The summed E-state index contributed by atoms with van der Waals surface area (Å²) in [6, 6.07) is 5.25. The molecule has 70 valence electrons. The quantitative estimate of drug-likeness (QED) is 0.763. The molecule has 13 heavy (non-hydrogen) atoms. The number of hydrogen-bond acceptors (Lipinski definition) is 2. The van der Waals surface area contributed by atoms with Gasteiger partial charge >= 0.3 is 0 Å². The summed E-state index contributed by atoms with van der Waals surface area (Å²) in [5.41, 5.74) is 7.10. The molecule has 1 aromatic carbocycles. The van der Waals surface area contributed by atoms with Crippen LogP contribution in [0, 0.1) is 0 Å². The topological polar surface area (TPSA) is 38.0 Å². The first kappa shape index (κ1) is 10.2. The van der Waals surface area contributed by atoms with Crippen molar-refractivity contribution in [3.05, 3.63) is 34.8 Å². The predicted molar refractivity (Wildman–Crippen MR) is 59.3 cm³/mol. The number of nitrogens with two attached hydrogens (primary N) is 1. The van der Waals surface area contributed by atoms with Gasteiger partial charge in [0.05, 0.1) is 17.9 Å². The summed E-state index contributed by atoms with van der Waals surface area (Å²) in [5, 5.41) is 4.18. The van der Waals surface area contributed by atoms with E-state index in [1.165, 1.54) is 0 Å². The Morgan fingerprint density at radius 1 is 1.54 bits per heavy atom. The molecule has 0 atom stereocenters. The fourth-order valence-corrected chi connectivity index (χ4v) is 1.13. The fourth-order valence-electron chi connectivity index (χ4n) is 0.886. The van der Waals surface area contributed by atoms with Crippen molar-refractivity contribution in [1.82, 2.24) is 0 Å². The van der Waals surface area contributed by atoms with Crippen LogP contribution >= 0.6 is 23.2 Å². The Kier molecular flexibility index (Phi) is 3.46. The smallest absolute Gasteiger partial charge is 0.0577 e. The molecule has 0 unspecified atom stereocenters. The van der Waals surface area contributed by atoms with E-state index >= 15 is 0 Å². The molecule has 0 heterocycles. The Bertz CT molecular complexity index is 323. The summed E-state index contributed by atoms with van der Waals surface area (Å²) in [5.74, 6) is 0. The zero-order valence-electron chi connectivity index (χ0n) is 6.98. The van der Waals surface area contributed by atoms with Gasteiger partial charge in [-0.2, -0.15) is 0 Å². The van der Waals surface area contributed by atoms with Gasteiger partial charge in [-0.1, -0.05) is 29.8 Å². The molecule has 0 aromatic heterocycles. The molecule has 2 nitrogen and oxygen atoms in total. The van der Waals surface area contributed by atoms with Gasteiger partial charge in [-0.15, -0.1) is 0 Å². The van der Waals surface area contributed by atoms with Crippen LogP contribution in [0.5, 0.6) is 0 Å². The van der Waals surface area contributed by atoms with Gasteiger partial charge in [0.25, 0.3) is 0 Å². The number of benzene rings is 1. The second-order valence-corrected chi connectivity index (χ2v) is 3.57. The third kappa shape index (κ3) is 3.17. The minimum atomic E-state index is 0.493. The van der Waals surface area contributed by atoms with Gasteiger partial charge in [-0.05, 0) is 18.2 Å². The molecular formula is C9H10Cl2N2. The zero-order chi connectivity index (χ0) is 9.84. The average molecular weight is 217 g/mol. The number of hydrogen-bond donors (Lipinski definition) is 2. The van der Waals surface area contributed by atoms with E-state index in [1.807, 2.05) is 0 Å². The van der Waals surface area contributed by atoms with Gasteiger partial charge in [0.1, 0.15) is 0 Å². The Morgan fingerprint density at radius 3 is 2.77 bits per heavy atom. The molecule has 1 rings (SSSR count). The summed E-state index contributed by atoms with van der Waals surface area (Å²) in [6.07, 6.45) is 0. The highest BCUT2D eigenvalue weighted by Gasteiger charge is 1.98. The first-order valence-corrected chi connectivity index (χ1v) is 4.47. The normalized spacial score (nSPS) is 9.69. The molecule has 0 bridgehead atoms. The number of anilines is 2. The lowest BCUT2D eigenvalue weighted by Gasteiger charge is -2.07. The first-order valence-electron chi connectivity index (χ1n) is 3.72. The van der Waals surface area contributed by atoms with Gasteiger partial charge < -0.3 is 11.1 Å². The van der Waals surface area contributed by atoms with E-state index in [2.05, 4.69) is 11.9 Å². The molecule has 0 radical (unpaired) electrons. The molecule has 0 amide bonds. The fraction of sp³-hybridized carbons (Fsp3) is 0.111. The van der Waals surface area contributed by atoms with Gasteiger partial charge in [-0.3, -0.25) is 0 Å². The van der Waals surface area contributed by atoms with Crippen molar-refractivity contribution in [3.63, 3.8) is 0 Å². The Balaban J connectivity index is 2.72. The molecule has 4 heteroatoms. The summed E-state index contributed by atoms with van der Waals surface area (Å²) >= 11 is 11.3. The van der Waals surface area contributed by atoms with Crippen LogP contribution in [-0.4, -0.2) is 6.54 Å². The molecule has 0 fully saturated rings. The molecule has 0 aliphatic heterocycles. The summed E-state index contributed by atoms with van der Waals surface area (Å²) < 4.78 is 0. The molecule has 0 aliphatic carbocycles. The molecule has 0 spiro atoms. The average Bonchev–Trinajstić information content (AvgIpc) is 2.02. The van der Waals surface area contributed by atoms with E-state index in [9.17, 15) is 0 Å². The van der Waals surface area contributed by atoms with Crippen LogP contribution < -0.4 is 11.1 Å². The zero-order valence-corrected chi connectivity index (χ0v) is 8.49. The van der Waals surface area contributed by atoms with Crippen LogP contribution in [0.25, 0.3) is 0 Å². The van der Waals surface area contributed by atoms with Gasteiger partial charge in [-0.25, -0.2) is 0 Å². The number of halogens is 2. The Hall–Kier alpha value is -0.860. The first-order chi connectivity index (χ1) is 6.09. The van der Waals surface area contributed by atoms with Crippen LogP contribution in [0.15, 0.2) is 29.8 Å². The SMILES string of the molecule is C=C(Cl)CNc1ccc(Cl)cc1N. The van der Waals surface area contributed by atoms with Gasteiger partial charge in [0.2, 0.25) is 0 Å². The van der Waals surface area contributed by atoms with Gasteiger partial charge in [0.15, 0.2) is 0 Å². The molecule has 1 aromatic rings. The van der Waals surface area contributed by atoms with Crippen molar-refractivity contribution in [3.8, 4) is 0 Å².